The number of aromatic amines is 1. The van der Waals surface area contributed by atoms with Crippen LogP contribution in [-0.4, -0.2) is 48.4 Å². The highest BCUT2D eigenvalue weighted by Crippen LogP contribution is 2.60. The molecule has 2 N–H and O–H groups in total. The van der Waals surface area contributed by atoms with Crippen molar-refractivity contribution in [2.45, 2.75) is 44.9 Å². The average molecular weight is 448 g/mol. The summed E-state index contributed by atoms with van der Waals surface area (Å²) in [6.07, 6.45) is 12.0. The normalized spacial score (nSPS) is 30.4. The van der Waals surface area contributed by atoms with Crippen LogP contribution in [0.1, 0.15) is 50.5 Å². The van der Waals surface area contributed by atoms with Crippen molar-refractivity contribution in [3.05, 3.63) is 36.0 Å². The van der Waals surface area contributed by atoms with E-state index < -0.39 is 0 Å². The van der Waals surface area contributed by atoms with Crippen LogP contribution < -0.4 is 10.1 Å². The monoisotopic (exact) mass is 447 g/mol. The number of carbonyl (C=O) groups is 2. The zero-order valence-corrected chi connectivity index (χ0v) is 19.4. The summed E-state index contributed by atoms with van der Waals surface area (Å²) < 4.78 is 5.38. The van der Waals surface area contributed by atoms with Crippen molar-refractivity contribution in [1.82, 2.24) is 15.2 Å². The molecule has 4 saturated carbocycles. The SMILES string of the molecule is COc1ccc2[nH]cc(C3=CCN(C(=O)CNC(=O)C45CC6CC(CC(C6)C4)C5)CC3)c2c1. The summed E-state index contributed by atoms with van der Waals surface area (Å²) in [6, 6.07) is 6.04. The maximum atomic E-state index is 13.2. The zero-order valence-electron chi connectivity index (χ0n) is 19.4. The van der Waals surface area contributed by atoms with E-state index >= 15 is 0 Å². The van der Waals surface area contributed by atoms with Gasteiger partial charge in [-0.1, -0.05) is 6.08 Å². The fourth-order valence-electron chi connectivity index (χ4n) is 7.48. The predicted octanol–water partition coefficient (Wildman–Crippen LogP) is 4.12. The van der Waals surface area contributed by atoms with E-state index in [0.717, 1.165) is 60.1 Å². The summed E-state index contributed by atoms with van der Waals surface area (Å²) in [5.41, 5.74) is 3.31. The second-order valence-electron chi connectivity index (χ2n) is 10.8. The maximum absolute atomic E-state index is 13.2. The number of methoxy groups -OCH3 is 1. The van der Waals surface area contributed by atoms with Gasteiger partial charge in [-0.05, 0) is 86.5 Å². The number of ether oxygens (including phenoxy) is 1. The third kappa shape index (κ3) is 3.64. The molecule has 6 heteroatoms. The smallest absolute Gasteiger partial charge is 0.242 e. The number of aromatic nitrogens is 1. The van der Waals surface area contributed by atoms with Crippen LogP contribution in [0.5, 0.6) is 5.75 Å². The van der Waals surface area contributed by atoms with Gasteiger partial charge in [-0.3, -0.25) is 9.59 Å². The average Bonchev–Trinajstić information content (AvgIpc) is 3.24. The van der Waals surface area contributed by atoms with E-state index in [1.807, 2.05) is 23.2 Å². The van der Waals surface area contributed by atoms with E-state index in [9.17, 15) is 9.59 Å². The summed E-state index contributed by atoms with van der Waals surface area (Å²) in [6.45, 7) is 1.38. The van der Waals surface area contributed by atoms with Gasteiger partial charge in [-0.15, -0.1) is 0 Å². The molecule has 0 spiro atoms. The molecule has 33 heavy (non-hydrogen) atoms. The summed E-state index contributed by atoms with van der Waals surface area (Å²) in [5, 5.41) is 4.18. The number of hydrogen-bond donors (Lipinski definition) is 2. The van der Waals surface area contributed by atoms with Crippen molar-refractivity contribution >= 4 is 28.3 Å². The molecule has 4 bridgehead atoms. The van der Waals surface area contributed by atoms with Crippen LogP contribution in [-0.2, 0) is 9.59 Å². The molecule has 2 amide bonds. The minimum atomic E-state index is -0.194. The first kappa shape index (κ1) is 20.8. The largest absolute Gasteiger partial charge is 0.497 e. The number of benzene rings is 1. The molecule has 0 radical (unpaired) electrons. The Kier molecular flexibility index (Phi) is 5.00. The van der Waals surface area contributed by atoms with Crippen LogP contribution >= 0.6 is 0 Å². The molecule has 1 aromatic heterocycles. The number of nitrogens with zero attached hydrogens (tertiary/aromatic N) is 1. The summed E-state index contributed by atoms with van der Waals surface area (Å²) >= 11 is 0. The minimum absolute atomic E-state index is 0.0176. The number of rotatable bonds is 5. The lowest BCUT2D eigenvalue weighted by Gasteiger charge is -2.55. The van der Waals surface area contributed by atoms with Crippen LogP contribution in [0.4, 0.5) is 0 Å². The van der Waals surface area contributed by atoms with Gasteiger partial charge in [0.25, 0.3) is 0 Å². The molecule has 1 aliphatic heterocycles. The standard InChI is InChI=1S/C27H33N3O3/c1-33-21-2-3-24-22(11-21)23(15-28-24)20-4-6-30(7-5-20)25(31)16-29-26(32)27-12-17-8-18(13-27)10-19(9-17)14-27/h2-4,11,15,17-19,28H,5-10,12-14,16H2,1H3,(H,29,32). The first-order chi connectivity index (χ1) is 16.0. The predicted molar refractivity (Wildman–Crippen MR) is 128 cm³/mol. The lowest BCUT2D eigenvalue weighted by Crippen LogP contribution is -2.54. The van der Waals surface area contributed by atoms with E-state index in [0.29, 0.717) is 13.1 Å². The number of amides is 2. The number of nitrogens with one attached hydrogen (secondary N) is 2. The molecule has 174 valence electrons. The van der Waals surface area contributed by atoms with Crippen LogP contribution in [0.25, 0.3) is 16.5 Å². The topological polar surface area (TPSA) is 74.4 Å². The van der Waals surface area contributed by atoms with Crippen LogP contribution in [0.15, 0.2) is 30.5 Å². The highest BCUT2D eigenvalue weighted by molar-refractivity contribution is 5.94. The Bertz CT molecular complexity index is 1100. The highest BCUT2D eigenvalue weighted by Gasteiger charge is 2.54. The van der Waals surface area contributed by atoms with Crippen LogP contribution in [0, 0.1) is 23.2 Å². The quantitative estimate of drug-likeness (QED) is 0.724. The van der Waals surface area contributed by atoms with Gasteiger partial charge in [-0.25, -0.2) is 0 Å². The van der Waals surface area contributed by atoms with Crippen LogP contribution in [0.2, 0.25) is 0 Å². The third-order valence-electron chi connectivity index (χ3n) is 8.72. The Morgan fingerprint density at radius 3 is 2.52 bits per heavy atom. The lowest BCUT2D eigenvalue weighted by atomic mass is 9.49. The number of H-pyrrole nitrogens is 1. The molecule has 0 saturated heterocycles. The minimum Gasteiger partial charge on any atom is -0.497 e. The van der Waals surface area contributed by atoms with E-state index in [-0.39, 0.29) is 23.8 Å². The molecule has 2 heterocycles. The lowest BCUT2D eigenvalue weighted by molar-refractivity contribution is -0.148. The van der Waals surface area contributed by atoms with E-state index in [1.165, 1.54) is 30.4 Å². The van der Waals surface area contributed by atoms with Gasteiger partial charge in [0.05, 0.1) is 13.7 Å². The second-order valence-corrected chi connectivity index (χ2v) is 10.8. The molecule has 5 aliphatic rings. The van der Waals surface area contributed by atoms with E-state index in [4.69, 9.17) is 4.74 Å². The van der Waals surface area contributed by atoms with Crippen molar-refractivity contribution in [3.8, 4) is 5.75 Å². The molecule has 7 rings (SSSR count). The highest BCUT2D eigenvalue weighted by atomic mass is 16.5. The van der Waals surface area contributed by atoms with E-state index in [2.05, 4.69) is 22.4 Å². The molecular formula is C27H33N3O3. The Hall–Kier alpha value is -2.76. The van der Waals surface area contributed by atoms with Gasteiger partial charge >= 0.3 is 0 Å². The number of fused-ring (bicyclic) bond motifs is 1. The van der Waals surface area contributed by atoms with Crippen molar-refractivity contribution in [1.29, 1.82) is 0 Å². The molecule has 4 fully saturated rings. The summed E-state index contributed by atoms with van der Waals surface area (Å²) in [7, 11) is 1.68. The Labute approximate surface area is 194 Å². The first-order valence-corrected chi connectivity index (χ1v) is 12.4. The number of hydrogen-bond acceptors (Lipinski definition) is 3. The van der Waals surface area contributed by atoms with Gasteiger partial charge in [-0.2, -0.15) is 0 Å². The molecule has 4 aliphatic carbocycles. The van der Waals surface area contributed by atoms with Crippen molar-refractivity contribution in [2.24, 2.45) is 23.2 Å². The molecule has 1 aromatic carbocycles. The Morgan fingerprint density at radius 1 is 1.15 bits per heavy atom. The Morgan fingerprint density at radius 2 is 1.88 bits per heavy atom. The summed E-state index contributed by atoms with van der Waals surface area (Å²) in [5.74, 6) is 3.18. The van der Waals surface area contributed by atoms with E-state index in [1.54, 1.807) is 7.11 Å². The fraction of sp³-hybridized carbons (Fsp3) is 0.556. The third-order valence-corrected chi connectivity index (χ3v) is 8.72. The summed E-state index contributed by atoms with van der Waals surface area (Å²) in [4.78, 5) is 31.2. The number of carbonyl (C=O) groups excluding carboxylic acids is 2. The van der Waals surface area contributed by atoms with Crippen molar-refractivity contribution in [3.63, 3.8) is 0 Å². The Balaban J connectivity index is 1.08. The maximum Gasteiger partial charge on any atom is 0.242 e. The molecule has 0 unspecified atom stereocenters. The van der Waals surface area contributed by atoms with Gasteiger partial charge in [0.2, 0.25) is 11.8 Å². The zero-order chi connectivity index (χ0) is 22.6. The van der Waals surface area contributed by atoms with Gasteiger partial charge in [0.15, 0.2) is 0 Å². The fourth-order valence-corrected chi connectivity index (χ4v) is 7.48. The van der Waals surface area contributed by atoms with Crippen molar-refractivity contribution < 1.29 is 14.3 Å². The van der Waals surface area contributed by atoms with Gasteiger partial charge < -0.3 is 19.9 Å². The molecule has 0 atom stereocenters. The molecule has 2 aromatic rings. The van der Waals surface area contributed by atoms with Crippen LogP contribution in [0.3, 0.4) is 0 Å². The van der Waals surface area contributed by atoms with Gasteiger partial charge in [0, 0.05) is 41.2 Å². The van der Waals surface area contributed by atoms with Crippen molar-refractivity contribution in [2.75, 3.05) is 26.7 Å². The molecular weight excluding hydrogens is 414 g/mol. The second kappa shape index (κ2) is 7.93. The molecule has 6 nitrogen and oxygen atoms in total. The van der Waals surface area contributed by atoms with Gasteiger partial charge in [0.1, 0.15) is 5.75 Å². The first-order valence-electron chi connectivity index (χ1n) is 12.4.